The Kier molecular flexibility index (Phi) is 5.03. The molecule has 0 radical (unpaired) electrons. The van der Waals surface area contributed by atoms with Gasteiger partial charge >= 0.3 is 11.9 Å². The Labute approximate surface area is 175 Å². The maximum Gasteiger partial charge on any atom is 0.312 e. The highest BCUT2D eigenvalue weighted by molar-refractivity contribution is 5.79. The van der Waals surface area contributed by atoms with Crippen molar-refractivity contribution in [2.24, 2.45) is 16.7 Å². The fourth-order valence-electron chi connectivity index (χ4n) is 6.63. The van der Waals surface area contributed by atoms with E-state index in [2.05, 4.69) is 0 Å². The minimum atomic E-state index is -1.92. The number of aryl methyl sites for hydroxylation is 1. The van der Waals surface area contributed by atoms with E-state index >= 15 is 0 Å². The molecule has 2 bridgehead atoms. The van der Waals surface area contributed by atoms with Crippen LogP contribution >= 0.6 is 0 Å². The molecule has 2 aliphatic carbocycles. The molecule has 3 N–H and O–H groups in total. The van der Waals surface area contributed by atoms with Crippen LogP contribution < -0.4 is 0 Å². The van der Waals surface area contributed by atoms with E-state index in [1.165, 1.54) is 13.2 Å². The van der Waals surface area contributed by atoms with E-state index in [1.807, 2.05) is 0 Å². The molecule has 1 saturated heterocycles. The van der Waals surface area contributed by atoms with E-state index in [-0.39, 0.29) is 25.4 Å². The molecule has 0 amide bonds. The van der Waals surface area contributed by atoms with E-state index in [9.17, 15) is 24.9 Å². The molecular weight excluding hydrogens is 392 g/mol. The molecule has 3 fully saturated rings. The number of rotatable bonds is 5. The average molecular weight is 422 g/mol. The van der Waals surface area contributed by atoms with Gasteiger partial charge in [0.25, 0.3) is 0 Å². The summed E-state index contributed by atoms with van der Waals surface area (Å²) in [6, 6.07) is 1.78. The summed E-state index contributed by atoms with van der Waals surface area (Å²) in [5.41, 5.74) is -4.82. The van der Waals surface area contributed by atoms with Crippen molar-refractivity contribution in [2.45, 2.75) is 69.7 Å². The van der Waals surface area contributed by atoms with Crippen LogP contribution in [0.3, 0.4) is 0 Å². The number of esters is 2. The molecule has 4 rings (SSSR count). The number of aliphatic hydroxyl groups is 3. The molecule has 6 unspecified atom stereocenters. The minimum Gasteiger partial charge on any atom is -0.472 e. The van der Waals surface area contributed by atoms with Gasteiger partial charge in [0.2, 0.25) is 0 Å². The standard InChI is InChI=1S/C22H30O8/c1-14(24)30-16-10-21(26,12-23)22(27,8-4-15-5-9-28-11-15)20-7-3-6-19(2,17(16)20)18(25)29-13-20/h5,9,11,16-17,23,26-27H,3-4,6-8,10,12-13H2,1-2H3. The quantitative estimate of drug-likeness (QED) is 0.607. The van der Waals surface area contributed by atoms with Crippen LogP contribution in [0.4, 0.5) is 0 Å². The summed E-state index contributed by atoms with van der Waals surface area (Å²) in [7, 11) is 0. The number of carbonyl (C=O) groups is 2. The lowest BCUT2D eigenvalue weighted by Crippen LogP contribution is -2.79. The number of cyclic esters (lactones) is 1. The lowest BCUT2D eigenvalue weighted by molar-refractivity contribution is -0.337. The van der Waals surface area contributed by atoms with Gasteiger partial charge < -0.3 is 29.2 Å². The van der Waals surface area contributed by atoms with Crippen LogP contribution in [0.2, 0.25) is 0 Å². The molecule has 8 nitrogen and oxygen atoms in total. The van der Waals surface area contributed by atoms with Crippen molar-refractivity contribution in [3.05, 3.63) is 24.2 Å². The van der Waals surface area contributed by atoms with Gasteiger partial charge in [0.1, 0.15) is 23.9 Å². The van der Waals surface area contributed by atoms with Crippen LogP contribution in [-0.2, 0) is 25.5 Å². The predicted molar refractivity (Wildman–Crippen MR) is 103 cm³/mol. The Morgan fingerprint density at radius 3 is 2.73 bits per heavy atom. The van der Waals surface area contributed by atoms with E-state index in [0.717, 1.165) is 5.56 Å². The first kappa shape index (κ1) is 21.3. The fourth-order valence-corrected chi connectivity index (χ4v) is 6.63. The summed E-state index contributed by atoms with van der Waals surface area (Å²) in [6.45, 7) is 2.28. The predicted octanol–water partition coefficient (Wildman–Crippen LogP) is 1.35. The van der Waals surface area contributed by atoms with E-state index < -0.39 is 46.6 Å². The molecule has 8 heteroatoms. The number of hydrogen-bond donors (Lipinski definition) is 3. The molecule has 1 aromatic heterocycles. The second-order valence-corrected chi connectivity index (χ2v) is 9.51. The first-order valence-corrected chi connectivity index (χ1v) is 10.5. The zero-order chi connectivity index (χ0) is 21.8. The van der Waals surface area contributed by atoms with Gasteiger partial charge in [-0.05, 0) is 44.2 Å². The highest BCUT2D eigenvalue weighted by Gasteiger charge is 2.76. The van der Waals surface area contributed by atoms with Crippen LogP contribution in [0.1, 0.15) is 51.5 Å². The summed E-state index contributed by atoms with van der Waals surface area (Å²) in [4.78, 5) is 24.7. The largest absolute Gasteiger partial charge is 0.472 e. The van der Waals surface area contributed by atoms with Crippen molar-refractivity contribution in [1.82, 2.24) is 0 Å². The Balaban J connectivity index is 1.84. The second kappa shape index (κ2) is 7.07. The van der Waals surface area contributed by atoms with Crippen LogP contribution in [0, 0.1) is 16.7 Å². The fraction of sp³-hybridized carbons (Fsp3) is 0.727. The monoisotopic (exact) mass is 422 g/mol. The highest BCUT2D eigenvalue weighted by Crippen LogP contribution is 2.67. The lowest BCUT2D eigenvalue weighted by atomic mass is 9.40. The smallest absolute Gasteiger partial charge is 0.312 e. The average Bonchev–Trinajstić information content (AvgIpc) is 3.21. The lowest BCUT2D eigenvalue weighted by Gasteiger charge is -2.69. The third-order valence-corrected chi connectivity index (χ3v) is 7.97. The van der Waals surface area contributed by atoms with Crippen LogP contribution in [0.15, 0.2) is 23.0 Å². The summed E-state index contributed by atoms with van der Waals surface area (Å²) in [6.07, 6.45) is 4.39. The molecule has 3 aliphatic rings. The summed E-state index contributed by atoms with van der Waals surface area (Å²) in [5.74, 6) is -1.42. The summed E-state index contributed by atoms with van der Waals surface area (Å²) >= 11 is 0. The summed E-state index contributed by atoms with van der Waals surface area (Å²) in [5, 5.41) is 33.9. The zero-order valence-electron chi connectivity index (χ0n) is 17.4. The van der Waals surface area contributed by atoms with Crippen molar-refractivity contribution in [3.8, 4) is 0 Å². The zero-order valence-corrected chi connectivity index (χ0v) is 17.4. The number of ether oxygens (including phenoxy) is 2. The molecule has 1 aliphatic heterocycles. The number of aliphatic hydroxyl groups excluding tert-OH is 1. The maximum atomic E-state index is 12.8. The molecule has 1 aromatic rings. The number of carbonyl (C=O) groups excluding carboxylic acids is 2. The first-order valence-electron chi connectivity index (χ1n) is 10.5. The van der Waals surface area contributed by atoms with Gasteiger partial charge in [-0.2, -0.15) is 0 Å². The third kappa shape index (κ3) is 2.77. The minimum absolute atomic E-state index is 0.0892. The van der Waals surface area contributed by atoms with Crippen LogP contribution in [-0.4, -0.2) is 57.8 Å². The Hall–Kier alpha value is -1.90. The van der Waals surface area contributed by atoms with E-state index in [4.69, 9.17) is 13.9 Å². The molecule has 0 aromatic carbocycles. The molecule has 2 saturated carbocycles. The Morgan fingerprint density at radius 1 is 1.33 bits per heavy atom. The van der Waals surface area contributed by atoms with E-state index in [1.54, 1.807) is 19.3 Å². The van der Waals surface area contributed by atoms with Gasteiger partial charge in [-0.3, -0.25) is 9.59 Å². The summed E-state index contributed by atoms with van der Waals surface area (Å²) < 4.78 is 16.3. The van der Waals surface area contributed by atoms with Crippen molar-refractivity contribution in [3.63, 3.8) is 0 Å². The highest BCUT2D eigenvalue weighted by atomic mass is 16.6. The SMILES string of the molecule is CC(=O)OC1CC(O)(CO)C(O)(CCc2ccoc2)C23CCCC(C)(C(=O)OC2)C13. The normalized spacial score (nSPS) is 42.9. The van der Waals surface area contributed by atoms with E-state index in [0.29, 0.717) is 25.7 Å². The molecule has 0 spiro atoms. The van der Waals surface area contributed by atoms with Crippen LogP contribution in [0.25, 0.3) is 0 Å². The van der Waals surface area contributed by atoms with Gasteiger partial charge in [0, 0.05) is 24.7 Å². The van der Waals surface area contributed by atoms with Crippen molar-refractivity contribution < 1.29 is 38.8 Å². The van der Waals surface area contributed by atoms with Crippen molar-refractivity contribution >= 4 is 11.9 Å². The van der Waals surface area contributed by atoms with Crippen LogP contribution in [0.5, 0.6) is 0 Å². The molecule has 2 heterocycles. The Bertz CT molecular complexity index is 821. The molecule has 6 atom stereocenters. The van der Waals surface area contributed by atoms with Crippen molar-refractivity contribution in [1.29, 1.82) is 0 Å². The van der Waals surface area contributed by atoms with Gasteiger partial charge in [-0.15, -0.1) is 0 Å². The third-order valence-electron chi connectivity index (χ3n) is 7.97. The maximum absolute atomic E-state index is 12.8. The molecule has 166 valence electrons. The number of furan rings is 1. The number of hydrogen-bond acceptors (Lipinski definition) is 8. The molecular formula is C22H30O8. The topological polar surface area (TPSA) is 126 Å². The van der Waals surface area contributed by atoms with Gasteiger partial charge in [0.05, 0.1) is 24.5 Å². The second-order valence-electron chi connectivity index (χ2n) is 9.51. The first-order chi connectivity index (χ1) is 14.1. The van der Waals surface area contributed by atoms with Gasteiger partial charge in [-0.1, -0.05) is 6.42 Å². The van der Waals surface area contributed by atoms with Gasteiger partial charge in [-0.25, -0.2) is 0 Å². The molecule has 30 heavy (non-hydrogen) atoms. The Morgan fingerprint density at radius 2 is 2.10 bits per heavy atom. The van der Waals surface area contributed by atoms with Gasteiger partial charge in [0.15, 0.2) is 0 Å². The van der Waals surface area contributed by atoms with Crippen molar-refractivity contribution in [2.75, 3.05) is 13.2 Å².